The summed E-state index contributed by atoms with van der Waals surface area (Å²) in [5.74, 6) is 1.09. The fraction of sp³-hybridized carbons (Fsp3) is 0.227. The second-order valence-corrected chi connectivity index (χ2v) is 6.56. The van der Waals surface area contributed by atoms with Crippen LogP contribution in [0.15, 0.2) is 71.5 Å². The van der Waals surface area contributed by atoms with Crippen LogP contribution in [0, 0.1) is 0 Å². The lowest BCUT2D eigenvalue weighted by Crippen LogP contribution is -2.07. The number of methoxy groups -OCH3 is 1. The first-order valence-electron chi connectivity index (χ1n) is 9.27. The van der Waals surface area contributed by atoms with E-state index in [9.17, 15) is 0 Å². The van der Waals surface area contributed by atoms with Crippen molar-refractivity contribution in [2.75, 3.05) is 7.11 Å². The quantitative estimate of drug-likeness (QED) is 0.468. The maximum Gasteiger partial charge on any atom is 0.252 e. The van der Waals surface area contributed by atoms with Crippen molar-refractivity contribution in [3.05, 3.63) is 90.0 Å². The zero-order chi connectivity index (χ0) is 19.2. The average molecular weight is 374 g/mol. The Morgan fingerprint density at radius 2 is 1.71 bits per heavy atom. The molecule has 0 aliphatic carbocycles. The highest BCUT2D eigenvalue weighted by Crippen LogP contribution is 2.24. The van der Waals surface area contributed by atoms with E-state index in [2.05, 4.69) is 51.1 Å². The Kier molecular flexibility index (Phi) is 5.58. The standard InChI is InChI=1S/C22H22N4O2/c1-27-15-21-24-20(25-28-21)14-26-16-23-22(18-10-6-3-7-11-18)19(26)13-12-17-8-4-2-5-9-17/h2-11,16H,12-15H2,1H3. The summed E-state index contributed by atoms with van der Waals surface area (Å²) < 4.78 is 12.4. The molecule has 2 aromatic carbocycles. The fourth-order valence-corrected chi connectivity index (χ4v) is 3.24. The number of ether oxygens (including phenoxy) is 1. The number of rotatable bonds is 8. The summed E-state index contributed by atoms with van der Waals surface area (Å²) in [5.41, 5.74) is 4.57. The monoisotopic (exact) mass is 374 g/mol. The topological polar surface area (TPSA) is 66.0 Å². The third-order valence-corrected chi connectivity index (χ3v) is 4.58. The van der Waals surface area contributed by atoms with Crippen molar-refractivity contribution < 1.29 is 9.26 Å². The number of aryl methyl sites for hydroxylation is 1. The number of hydrogen-bond acceptors (Lipinski definition) is 5. The van der Waals surface area contributed by atoms with E-state index in [-0.39, 0.29) is 0 Å². The van der Waals surface area contributed by atoms with Gasteiger partial charge in [-0.2, -0.15) is 4.98 Å². The number of nitrogens with zero attached hydrogens (tertiary/aromatic N) is 4. The maximum atomic E-state index is 5.22. The molecule has 0 radical (unpaired) electrons. The first-order valence-corrected chi connectivity index (χ1v) is 9.27. The van der Waals surface area contributed by atoms with Gasteiger partial charge in [0.15, 0.2) is 5.82 Å². The second kappa shape index (κ2) is 8.63. The molecule has 6 heteroatoms. The van der Waals surface area contributed by atoms with Crippen LogP contribution < -0.4 is 0 Å². The molecule has 28 heavy (non-hydrogen) atoms. The lowest BCUT2D eigenvalue weighted by atomic mass is 10.0. The Morgan fingerprint density at radius 3 is 2.46 bits per heavy atom. The van der Waals surface area contributed by atoms with E-state index >= 15 is 0 Å². The predicted molar refractivity (Wildman–Crippen MR) is 106 cm³/mol. The molecule has 2 heterocycles. The van der Waals surface area contributed by atoms with Crippen LogP contribution in [0.1, 0.15) is 23.0 Å². The Labute approximate surface area is 163 Å². The van der Waals surface area contributed by atoms with Gasteiger partial charge in [0.1, 0.15) is 6.61 Å². The lowest BCUT2D eigenvalue weighted by Gasteiger charge is -2.09. The zero-order valence-electron chi connectivity index (χ0n) is 15.8. The molecule has 4 aromatic rings. The van der Waals surface area contributed by atoms with Gasteiger partial charge >= 0.3 is 0 Å². The van der Waals surface area contributed by atoms with Gasteiger partial charge in [0.05, 0.1) is 18.6 Å². The van der Waals surface area contributed by atoms with E-state index in [0.29, 0.717) is 24.9 Å². The average Bonchev–Trinajstić information content (AvgIpc) is 3.35. The van der Waals surface area contributed by atoms with Crippen molar-refractivity contribution in [1.29, 1.82) is 0 Å². The minimum atomic E-state index is 0.313. The largest absolute Gasteiger partial charge is 0.375 e. The zero-order valence-corrected chi connectivity index (χ0v) is 15.8. The minimum absolute atomic E-state index is 0.313. The molecule has 4 rings (SSSR count). The van der Waals surface area contributed by atoms with Crippen molar-refractivity contribution in [3.63, 3.8) is 0 Å². The van der Waals surface area contributed by atoms with Gasteiger partial charge in [-0.3, -0.25) is 0 Å². The summed E-state index contributed by atoms with van der Waals surface area (Å²) in [7, 11) is 1.60. The normalized spacial score (nSPS) is 11.0. The lowest BCUT2D eigenvalue weighted by molar-refractivity contribution is 0.151. The second-order valence-electron chi connectivity index (χ2n) is 6.56. The SMILES string of the molecule is COCc1nc(Cn2cnc(-c3ccccc3)c2CCc2ccccc2)no1. The van der Waals surface area contributed by atoms with Crippen LogP contribution >= 0.6 is 0 Å². The smallest absolute Gasteiger partial charge is 0.252 e. The van der Waals surface area contributed by atoms with Crippen LogP contribution in [0.2, 0.25) is 0 Å². The third-order valence-electron chi connectivity index (χ3n) is 4.58. The molecule has 0 atom stereocenters. The van der Waals surface area contributed by atoms with Gasteiger partial charge in [0.2, 0.25) is 0 Å². The van der Waals surface area contributed by atoms with Gasteiger partial charge in [-0.05, 0) is 18.4 Å². The molecule has 0 amide bonds. The number of imidazole rings is 1. The van der Waals surface area contributed by atoms with E-state index in [1.807, 2.05) is 30.6 Å². The van der Waals surface area contributed by atoms with E-state index in [1.54, 1.807) is 7.11 Å². The summed E-state index contributed by atoms with van der Waals surface area (Å²) in [6, 6.07) is 20.7. The summed E-state index contributed by atoms with van der Waals surface area (Å²) in [5, 5.41) is 4.06. The summed E-state index contributed by atoms with van der Waals surface area (Å²) in [4.78, 5) is 9.08. The van der Waals surface area contributed by atoms with Gasteiger partial charge in [0.25, 0.3) is 5.89 Å². The van der Waals surface area contributed by atoms with Crippen molar-refractivity contribution in [1.82, 2.24) is 19.7 Å². The van der Waals surface area contributed by atoms with Crippen molar-refractivity contribution in [3.8, 4) is 11.3 Å². The van der Waals surface area contributed by atoms with Crippen LogP contribution in [0.4, 0.5) is 0 Å². The highest BCUT2D eigenvalue weighted by atomic mass is 16.5. The predicted octanol–water partition coefficient (Wildman–Crippen LogP) is 3.91. The van der Waals surface area contributed by atoms with Gasteiger partial charge in [-0.1, -0.05) is 65.8 Å². The summed E-state index contributed by atoms with van der Waals surface area (Å²) in [6.45, 7) is 0.824. The first-order chi connectivity index (χ1) is 13.8. The molecular formula is C22H22N4O2. The van der Waals surface area contributed by atoms with Crippen molar-refractivity contribution in [2.24, 2.45) is 0 Å². The molecule has 0 aliphatic rings. The Morgan fingerprint density at radius 1 is 0.964 bits per heavy atom. The van der Waals surface area contributed by atoms with Crippen LogP contribution in [0.5, 0.6) is 0 Å². The highest BCUT2D eigenvalue weighted by molar-refractivity contribution is 5.62. The third kappa shape index (κ3) is 4.18. The molecule has 0 N–H and O–H groups in total. The molecule has 0 saturated heterocycles. The minimum Gasteiger partial charge on any atom is -0.375 e. The molecule has 142 valence electrons. The van der Waals surface area contributed by atoms with E-state index in [1.165, 1.54) is 5.56 Å². The van der Waals surface area contributed by atoms with Gasteiger partial charge < -0.3 is 13.8 Å². The number of hydrogen-bond donors (Lipinski definition) is 0. The highest BCUT2D eigenvalue weighted by Gasteiger charge is 2.15. The van der Waals surface area contributed by atoms with E-state index in [0.717, 1.165) is 29.8 Å². The first kappa shape index (κ1) is 18.1. The van der Waals surface area contributed by atoms with Crippen LogP contribution in [-0.4, -0.2) is 26.8 Å². The molecule has 0 spiro atoms. The van der Waals surface area contributed by atoms with E-state index < -0.39 is 0 Å². The number of aromatic nitrogens is 4. The Hall–Kier alpha value is -3.25. The molecule has 2 aromatic heterocycles. The molecule has 0 unspecified atom stereocenters. The van der Waals surface area contributed by atoms with E-state index in [4.69, 9.17) is 14.2 Å². The van der Waals surface area contributed by atoms with Crippen molar-refractivity contribution in [2.45, 2.75) is 26.0 Å². The maximum absolute atomic E-state index is 5.22. The van der Waals surface area contributed by atoms with Gasteiger partial charge in [-0.15, -0.1) is 0 Å². The molecule has 0 fully saturated rings. The molecule has 0 bridgehead atoms. The van der Waals surface area contributed by atoms with Crippen LogP contribution in [0.25, 0.3) is 11.3 Å². The Bertz CT molecular complexity index is 1010. The summed E-state index contributed by atoms with van der Waals surface area (Å²) >= 11 is 0. The molecule has 0 saturated carbocycles. The van der Waals surface area contributed by atoms with Crippen LogP contribution in [-0.2, 0) is 30.7 Å². The number of benzene rings is 2. The van der Waals surface area contributed by atoms with Gasteiger partial charge in [0, 0.05) is 18.4 Å². The molecular weight excluding hydrogens is 352 g/mol. The van der Waals surface area contributed by atoms with Gasteiger partial charge in [-0.25, -0.2) is 4.98 Å². The van der Waals surface area contributed by atoms with Crippen molar-refractivity contribution >= 4 is 0 Å². The fourth-order valence-electron chi connectivity index (χ4n) is 3.24. The summed E-state index contributed by atoms with van der Waals surface area (Å²) in [6.07, 6.45) is 3.67. The molecule has 0 aliphatic heterocycles. The Balaban J connectivity index is 1.62. The van der Waals surface area contributed by atoms with Crippen LogP contribution in [0.3, 0.4) is 0 Å². The molecule has 6 nitrogen and oxygen atoms in total.